The number of aromatic hydroxyl groups is 1. The number of phenols is 1. The fourth-order valence-electron chi connectivity index (χ4n) is 4.32. The molecule has 0 aromatic heterocycles. The van der Waals surface area contributed by atoms with Crippen LogP contribution < -0.4 is 19.9 Å². The molecule has 0 amide bonds. The van der Waals surface area contributed by atoms with Crippen LogP contribution in [-0.2, 0) is 24.2 Å². The molecule has 0 aliphatic heterocycles. The predicted molar refractivity (Wildman–Crippen MR) is 178 cm³/mol. The topological polar surface area (TPSA) is 188 Å². The molecule has 14 nitrogen and oxygen atoms in total. The van der Waals surface area contributed by atoms with Crippen LogP contribution in [0.3, 0.4) is 0 Å². The third kappa shape index (κ3) is 9.67. The normalized spacial score (nSPS) is 12.0. The zero-order chi connectivity index (χ0) is 33.6. The maximum Gasteiger partial charge on any atom is 0.240 e. The molecule has 0 fully saturated rings. The second-order valence-electron chi connectivity index (χ2n) is 9.94. The second kappa shape index (κ2) is 17.3. The molecule has 0 unspecified atom stereocenters. The number of nitrogens with zero attached hydrogens (tertiary/aromatic N) is 4. The fraction of sp³-hybridized carbons (Fsp3) is 0.312. The second-order valence-corrected chi connectivity index (χ2v) is 11.7. The molecule has 0 heterocycles. The van der Waals surface area contributed by atoms with Crippen LogP contribution in [0.4, 0.5) is 28.4 Å². The van der Waals surface area contributed by atoms with Gasteiger partial charge in [0, 0.05) is 43.5 Å². The van der Waals surface area contributed by atoms with Gasteiger partial charge in [0.15, 0.2) is 5.75 Å². The molecule has 0 aliphatic rings. The maximum atomic E-state index is 12.7. The molecule has 0 atom stereocenters. The van der Waals surface area contributed by atoms with Crippen molar-refractivity contribution in [2.75, 3.05) is 66.6 Å². The average Bonchev–Trinajstić information content (AvgIpc) is 3.08. The zero-order valence-corrected chi connectivity index (χ0v) is 27.2. The molecule has 0 spiro atoms. The van der Waals surface area contributed by atoms with E-state index in [9.17, 15) is 13.5 Å². The van der Waals surface area contributed by atoms with Crippen LogP contribution in [-0.4, -0.2) is 74.4 Å². The number of ether oxygens (including phenoxy) is 5. The molecule has 250 valence electrons. The highest BCUT2D eigenvalue weighted by Gasteiger charge is 2.15. The molecule has 0 radical (unpaired) electrons. The monoisotopic (exact) mass is 666 g/mol. The Hall–Kier alpha value is -4.67. The first kappa shape index (κ1) is 35.2. The number of phenolic OH excluding ortho intramolecular Hbond substituents is 1. The number of sulfonamides is 1. The molecule has 15 heteroatoms. The summed E-state index contributed by atoms with van der Waals surface area (Å²) in [6, 6.07) is 17.9. The van der Waals surface area contributed by atoms with E-state index in [1.165, 1.54) is 26.4 Å². The molecular weight excluding hydrogens is 628 g/mol. The van der Waals surface area contributed by atoms with E-state index in [0.29, 0.717) is 79.1 Å². The largest absolute Gasteiger partial charge is 0.505 e. The van der Waals surface area contributed by atoms with E-state index in [2.05, 4.69) is 25.2 Å². The number of nitrogens with one attached hydrogen (secondary N) is 1. The van der Waals surface area contributed by atoms with Gasteiger partial charge in [0.25, 0.3) is 0 Å². The van der Waals surface area contributed by atoms with Gasteiger partial charge in [0.05, 0.1) is 51.2 Å². The number of nitrogens with two attached hydrogens (primary N) is 1. The van der Waals surface area contributed by atoms with Crippen molar-refractivity contribution >= 4 is 49.2 Å². The van der Waals surface area contributed by atoms with Crippen molar-refractivity contribution in [2.45, 2.75) is 11.3 Å². The van der Waals surface area contributed by atoms with E-state index in [-0.39, 0.29) is 22.9 Å². The molecule has 47 heavy (non-hydrogen) atoms. The number of benzene rings is 4. The van der Waals surface area contributed by atoms with Crippen LogP contribution in [0, 0.1) is 0 Å². The van der Waals surface area contributed by atoms with Crippen molar-refractivity contribution in [3.63, 3.8) is 0 Å². The smallest absolute Gasteiger partial charge is 0.240 e. The predicted octanol–water partition coefficient (Wildman–Crippen LogP) is 6.32. The number of azo groups is 2. The number of fused-ring (bicyclic) bond motifs is 1. The minimum atomic E-state index is -3.71. The molecule has 0 bridgehead atoms. The number of nitrogen functional groups attached to an aromatic ring is 1. The van der Waals surface area contributed by atoms with Gasteiger partial charge in [0.2, 0.25) is 10.0 Å². The quantitative estimate of drug-likeness (QED) is 0.0620. The van der Waals surface area contributed by atoms with Crippen LogP contribution in [0.25, 0.3) is 10.8 Å². The molecule has 0 saturated heterocycles. The minimum Gasteiger partial charge on any atom is -0.505 e. The molecule has 0 saturated carbocycles. The number of anilines is 1. The van der Waals surface area contributed by atoms with Gasteiger partial charge in [-0.05, 0) is 48.2 Å². The third-order valence-corrected chi connectivity index (χ3v) is 8.23. The lowest BCUT2D eigenvalue weighted by Crippen LogP contribution is -2.25. The summed E-state index contributed by atoms with van der Waals surface area (Å²) < 4.78 is 54.5. The lowest BCUT2D eigenvalue weighted by Gasteiger charge is -2.10. The molecule has 0 aliphatic carbocycles. The van der Waals surface area contributed by atoms with Gasteiger partial charge < -0.3 is 34.5 Å². The van der Waals surface area contributed by atoms with Crippen LogP contribution >= 0.6 is 0 Å². The highest BCUT2D eigenvalue weighted by molar-refractivity contribution is 7.89. The van der Waals surface area contributed by atoms with Gasteiger partial charge >= 0.3 is 0 Å². The summed E-state index contributed by atoms with van der Waals surface area (Å²) in [6.07, 6.45) is 0.510. The number of hydrogen-bond acceptors (Lipinski definition) is 13. The molecule has 4 aromatic rings. The molecule has 4 aromatic carbocycles. The van der Waals surface area contributed by atoms with Crippen molar-refractivity contribution in [3.05, 3.63) is 66.7 Å². The van der Waals surface area contributed by atoms with Gasteiger partial charge in [-0.25, -0.2) is 13.1 Å². The first-order valence-corrected chi connectivity index (χ1v) is 16.1. The van der Waals surface area contributed by atoms with Gasteiger partial charge in [-0.2, -0.15) is 5.11 Å². The van der Waals surface area contributed by atoms with Crippen molar-refractivity contribution in [3.8, 4) is 17.2 Å². The average molecular weight is 667 g/mol. The summed E-state index contributed by atoms with van der Waals surface area (Å²) in [5.41, 5.74) is 7.78. The summed E-state index contributed by atoms with van der Waals surface area (Å²) in [4.78, 5) is 0.0954. The summed E-state index contributed by atoms with van der Waals surface area (Å²) in [6.45, 7) is 2.53. The van der Waals surface area contributed by atoms with Gasteiger partial charge in [0.1, 0.15) is 28.6 Å². The van der Waals surface area contributed by atoms with E-state index in [4.69, 9.17) is 29.4 Å². The first-order valence-electron chi connectivity index (χ1n) is 14.6. The SMILES string of the molecule is COCCOCCOCCCNS(=O)(=O)c1ccc(N=Nc2cc(OC)c(N=Nc3ccc4cccc(N)c4c3O)cc2OC)cc1. The standard InChI is InChI=1S/C32H38N6O8S/c1-42-16-17-46-19-18-45-15-5-14-34-47(40,41)24-11-9-23(10-12-24)35-37-27-20-30(44-3)28(21-29(27)43-2)38-36-26-13-8-22-6-4-7-25(33)31(22)32(26)39/h4,6-13,20-21,34,39H,5,14-19,33H2,1-3H3. The first-order chi connectivity index (χ1) is 22.8. The summed E-state index contributed by atoms with van der Waals surface area (Å²) in [5.74, 6) is 0.578. The van der Waals surface area contributed by atoms with Crippen LogP contribution in [0.1, 0.15) is 6.42 Å². The zero-order valence-electron chi connectivity index (χ0n) is 26.4. The Kier molecular flexibility index (Phi) is 13.0. The highest BCUT2D eigenvalue weighted by atomic mass is 32.2. The van der Waals surface area contributed by atoms with Gasteiger partial charge in [-0.1, -0.05) is 18.2 Å². The lowest BCUT2D eigenvalue weighted by atomic mass is 10.1. The van der Waals surface area contributed by atoms with E-state index in [1.54, 1.807) is 55.6 Å². The molecule has 4 rings (SSSR count). The maximum absolute atomic E-state index is 12.7. The minimum absolute atomic E-state index is 0.0866. The Morgan fingerprint density at radius 2 is 1.36 bits per heavy atom. The van der Waals surface area contributed by atoms with E-state index in [0.717, 1.165) is 5.39 Å². The van der Waals surface area contributed by atoms with E-state index in [1.807, 2.05) is 6.07 Å². The third-order valence-electron chi connectivity index (χ3n) is 6.76. The van der Waals surface area contributed by atoms with Crippen LogP contribution in [0.2, 0.25) is 0 Å². The summed E-state index contributed by atoms with van der Waals surface area (Å²) in [7, 11) is 0.832. The van der Waals surface area contributed by atoms with Crippen molar-refractivity contribution in [1.29, 1.82) is 0 Å². The van der Waals surface area contributed by atoms with E-state index >= 15 is 0 Å². The Morgan fingerprint density at radius 1 is 0.745 bits per heavy atom. The molecular formula is C32H38N6O8S. The van der Waals surface area contributed by atoms with Gasteiger partial charge in [-0.3, -0.25) is 0 Å². The van der Waals surface area contributed by atoms with Crippen LogP contribution in [0.15, 0.2) is 92.1 Å². The van der Waals surface area contributed by atoms with Gasteiger partial charge in [-0.15, -0.1) is 15.3 Å². The number of hydrogen-bond donors (Lipinski definition) is 3. The Morgan fingerprint density at radius 3 is 2.02 bits per heavy atom. The Balaban J connectivity index is 1.38. The Bertz CT molecular complexity index is 1800. The van der Waals surface area contributed by atoms with Crippen molar-refractivity contribution in [1.82, 2.24) is 4.72 Å². The Labute approximate surface area is 273 Å². The summed E-state index contributed by atoms with van der Waals surface area (Å²) in [5, 5.41) is 29.0. The van der Waals surface area contributed by atoms with Crippen molar-refractivity contribution in [2.24, 2.45) is 20.5 Å². The van der Waals surface area contributed by atoms with Crippen molar-refractivity contribution < 1.29 is 37.2 Å². The number of methoxy groups -OCH3 is 3. The number of rotatable bonds is 18. The molecule has 4 N–H and O–H groups in total. The van der Waals surface area contributed by atoms with E-state index < -0.39 is 10.0 Å². The van der Waals surface area contributed by atoms with Crippen LogP contribution in [0.5, 0.6) is 17.2 Å². The highest BCUT2D eigenvalue weighted by Crippen LogP contribution is 2.43. The fourth-order valence-corrected chi connectivity index (χ4v) is 5.39. The summed E-state index contributed by atoms with van der Waals surface area (Å²) >= 11 is 0. The lowest BCUT2D eigenvalue weighted by molar-refractivity contribution is 0.0245.